The van der Waals surface area contributed by atoms with Gasteiger partial charge in [-0.25, -0.2) is 4.68 Å². The summed E-state index contributed by atoms with van der Waals surface area (Å²) in [5.41, 5.74) is 2.79. The van der Waals surface area contributed by atoms with Crippen molar-refractivity contribution >= 4 is 23.2 Å². The first-order valence-corrected chi connectivity index (χ1v) is 9.12. The maximum Gasteiger partial charge on any atom is 0.259 e. The van der Waals surface area contributed by atoms with Crippen molar-refractivity contribution in [2.75, 3.05) is 11.9 Å². The number of nitrogens with one attached hydrogen (secondary N) is 1. The Morgan fingerprint density at radius 3 is 2.50 bits per heavy atom. The summed E-state index contributed by atoms with van der Waals surface area (Å²) in [7, 11) is 0. The summed E-state index contributed by atoms with van der Waals surface area (Å²) in [5, 5.41) is 16.5. The molecule has 28 heavy (non-hydrogen) atoms. The molecule has 0 bridgehead atoms. The highest BCUT2D eigenvalue weighted by molar-refractivity contribution is 6.30. The fraction of sp³-hybridized carbons (Fsp3) is 0.190. The van der Waals surface area contributed by atoms with Gasteiger partial charge in [0.25, 0.3) is 5.91 Å². The van der Waals surface area contributed by atoms with Gasteiger partial charge < -0.3 is 10.1 Å². The first-order valence-electron chi connectivity index (χ1n) is 8.74. The maximum atomic E-state index is 12.8. The quantitative estimate of drug-likeness (QED) is 0.651. The number of ether oxygens (including phenoxy) is 1. The van der Waals surface area contributed by atoms with Crippen molar-refractivity contribution in [3.8, 4) is 17.5 Å². The van der Waals surface area contributed by atoms with Crippen LogP contribution in [-0.2, 0) is 0 Å². The summed E-state index contributed by atoms with van der Waals surface area (Å²) >= 11 is 5.97. The van der Waals surface area contributed by atoms with Gasteiger partial charge in [-0.05, 0) is 54.4 Å². The Hall–Kier alpha value is -3.30. The average Bonchev–Trinajstić information content (AvgIpc) is 3.13. The molecule has 6 nitrogen and oxygen atoms in total. The molecule has 0 radical (unpaired) electrons. The molecule has 3 rings (SSSR count). The fourth-order valence-corrected chi connectivity index (χ4v) is 2.95. The van der Waals surface area contributed by atoms with Crippen molar-refractivity contribution in [3.63, 3.8) is 0 Å². The van der Waals surface area contributed by atoms with E-state index in [4.69, 9.17) is 21.6 Å². The van der Waals surface area contributed by atoms with Gasteiger partial charge in [-0.3, -0.25) is 4.79 Å². The highest BCUT2D eigenvalue weighted by atomic mass is 35.5. The zero-order valence-electron chi connectivity index (χ0n) is 15.5. The predicted octanol–water partition coefficient (Wildman–Crippen LogP) is 4.80. The van der Waals surface area contributed by atoms with Crippen LogP contribution in [0.1, 0.15) is 35.8 Å². The van der Waals surface area contributed by atoms with Gasteiger partial charge in [0, 0.05) is 10.7 Å². The zero-order chi connectivity index (χ0) is 20.1. The molecule has 1 N–H and O–H groups in total. The molecular formula is C21H19ClN4O2. The number of nitriles is 1. The van der Waals surface area contributed by atoms with E-state index in [1.807, 2.05) is 32.0 Å². The summed E-state index contributed by atoms with van der Waals surface area (Å²) < 4.78 is 6.97. The lowest BCUT2D eigenvalue weighted by molar-refractivity contribution is 0.102. The van der Waals surface area contributed by atoms with Gasteiger partial charge in [0.05, 0.1) is 23.1 Å². The standard InChI is InChI=1S/C21H19ClN4O2/c1-14(2)20-19(13-24-26(20)17-7-3-15(22)4-8-17)21(27)25-16-5-9-18(10-6-16)28-12-11-23/h3-10,13-14H,12H2,1-2H3,(H,25,27). The third-order valence-corrected chi connectivity index (χ3v) is 4.34. The van der Waals surface area contributed by atoms with Gasteiger partial charge >= 0.3 is 0 Å². The Morgan fingerprint density at radius 2 is 1.89 bits per heavy atom. The van der Waals surface area contributed by atoms with Gasteiger partial charge in [-0.15, -0.1) is 0 Å². The molecule has 0 unspecified atom stereocenters. The van der Waals surface area contributed by atoms with Crippen LogP contribution < -0.4 is 10.1 Å². The minimum Gasteiger partial charge on any atom is -0.479 e. The van der Waals surface area contributed by atoms with Crippen LogP contribution >= 0.6 is 11.6 Å². The lowest BCUT2D eigenvalue weighted by atomic mass is 10.0. The van der Waals surface area contributed by atoms with E-state index in [9.17, 15) is 4.79 Å². The number of amides is 1. The molecule has 1 aromatic heterocycles. The van der Waals surface area contributed by atoms with Crippen molar-refractivity contribution in [3.05, 3.63) is 71.0 Å². The summed E-state index contributed by atoms with van der Waals surface area (Å²) in [6, 6.07) is 16.1. The molecule has 0 aliphatic carbocycles. The number of halogens is 1. The second kappa shape index (κ2) is 8.59. The number of nitrogens with zero attached hydrogens (tertiary/aromatic N) is 3. The van der Waals surface area contributed by atoms with E-state index in [-0.39, 0.29) is 18.4 Å². The molecule has 2 aromatic carbocycles. The topological polar surface area (TPSA) is 79.9 Å². The van der Waals surface area contributed by atoms with Gasteiger partial charge in [0.15, 0.2) is 6.61 Å². The number of carbonyl (C=O) groups is 1. The number of hydrogen-bond donors (Lipinski definition) is 1. The van der Waals surface area contributed by atoms with Crippen molar-refractivity contribution in [2.45, 2.75) is 19.8 Å². The van der Waals surface area contributed by atoms with Crippen LogP contribution in [0, 0.1) is 11.3 Å². The minimum atomic E-state index is -0.241. The largest absolute Gasteiger partial charge is 0.479 e. The third-order valence-electron chi connectivity index (χ3n) is 4.08. The van der Waals surface area contributed by atoms with Gasteiger partial charge in [-0.2, -0.15) is 10.4 Å². The van der Waals surface area contributed by atoms with Crippen molar-refractivity contribution < 1.29 is 9.53 Å². The highest BCUT2D eigenvalue weighted by Gasteiger charge is 2.21. The lowest BCUT2D eigenvalue weighted by Crippen LogP contribution is -2.15. The molecule has 142 valence electrons. The van der Waals surface area contributed by atoms with E-state index in [0.717, 1.165) is 11.4 Å². The highest BCUT2D eigenvalue weighted by Crippen LogP contribution is 2.25. The molecule has 0 spiro atoms. The van der Waals surface area contributed by atoms with Crippen LogP contribution in [0.4, 0.5) is 5.69 Å². The second-order valence-electron chi connectivity index (χ2n) is 6.41. The van der Waals surface area contributed by atoms with Crippen molar-refractivity contribution in [2.24, 2.45) is 0 Å². The van der Waals surface area contributed by atoms with Gasteiger partial charge in [-0.1, -0.05) is 25.4 Å². The molecule has 1 amide bonds. The summed E-state index contributed by atoms with van der Waals surface area (Å²) in [6.45, 7) is 4.01. The Labute approximate surface area is 168 Å². The monoisotopic (exact) mass is 394 g/mol. The molecule has 0 aliphatic rings. The number of hydrogen-bond acceptors (Lipinski definition) is 4. The maximum absolute atomic E-state index is 12.8. The Bertz CT molecular complexity index is 1000. The van der Waals surface area contributed by atoms with Gasteiger partial charge in [0.1, 0.15) is 11.8 Å². The normalized spacial score (nSPS) is 10.5. The molecule has 1 heterocycles. The predicted molar refractivity (Wildman–Crippen MR) is 108 cm³/mol. The molecule has 3 aromatic rings. The smallest absolute Gasteiger partial charge is 0.259 e. The van der Waals surface area contributed by atoms with Crippen molar-refractivity contribution in [1.29, 1.82) is 5.26 Å². The molecular weight excluding hydrogens is 376 g/mol. The number of carbonyl (C=O) groups excluding carboxylic acids is 1. The van der Waals surface area contributed by atoms with Crippen LogP contribution in [0.25, 0.3) is 5.69 Å². The van der Waals surface area contributed by atoms with Crippen LogP contribution in [0.15, 0.2) is 54.7 Å². The zero-order valence-corrected chi connectivity index (χ0v) is 16.3. The molecule has 0 atom stereocenters. The Morgan fingerprint density at radius 1 is 1.21 bits per heavy atom. The van der Waals surface area contributed by atoms with Crippen molar-refractivity contribution in [1.82, 2.24) is 9.78 Å². The first kappa shape index (κ1) is 19.5. The van der Waals surface area contributed by atoms with Crippen LogP contribution in [-0.4, -0.2) is 22.3 Å². The first-order chi connectivity index (χ1) is 13.5. The molecule has 0 saturated carbocycles. The number of rotatable bonds is 6. The fourth-order valence-electron chi connectivity index (χ4n) is 2.82. The van der Waals surface area contributed by atoms with E-state index in [1.54, 1.807) is 47.3 Å². The molecule has 7 heteroatoms. The van der Waals surface area contributed by atoms with Crippen LogP contribution in [0.2, 0.25) is 5.02 Å². The van der Waals surface area contributed by atoms with E-state index in [0.29, 0.717) is 22.0 Å². The molecule has 0 fully saturated rings. The second-order valence-corrected chi connectivity index (χ2v) is 6.85. The third kappa shape index (κ3) is 4.33. The molecule has 0 saturated heterocycles. The summed E-state index contributed by atoms with van der Waals surface area (Å²) in [6.07, 6.45) is 1.57. The minimum absolute atomic E-state index is 0.0205. The van der Waals surface area contributed by atoms with E-state index in [1.165, 1.54) is 0 Å². The average molecular weight is 395 g/mol. The van der Waals surface area contributed by atoms with Crippen LogP contribution in [0.5, 0.6) is 5.75 Å². The van der Waals surface area contributed by atoms with E-state index in [2.05, 4.69) is 10.4 Å². The Balaban J connectivity index is 1.84. The molecule has 0 aliphatic heterocycles. The Kier molecular flexibility index (Phi) is 5.97. The lowest BCUT2D eigenvalue weighted by Gasteiger charge is -2.13. The summed E-state index contributed by atoms with van der Waals surface area (Å²) in [5.74, 6) is 0.410. The number of aromatic nitrogens is 2. The SMILES string of the molecule is CC(C)c1c(C(=O)Nc2ccc(OCC#N)cc2)cnn1-c1ccc(Cl)cc1. The number of benzene rings is 2. The van der Waals surface area contributed by atoms with Crippen LogP contribution in [0.3, 0.4) is 0 Å². The van der Waals surface area contributed by atoms with E-state index < -0.39 is 0 Å². The number of anilines is 1. The summed E-state index contributed by atoms with van der Waals surface area (Å²) in [4.78, 5) is 12.8. The van der Waals surface area contributed by atoms with E-state index >= 15 is 0 Å². The van der Waals surface area contributed by atoms with Gasteiger partial charge in [0.2, 0.25) is 0 Å².